The van der Waals surface area contributed by atoms with Gasteiger partial charge in [-0.2, -0.15) is 11.8 Å². The van der Waals surface area contributed by atoms with Crippen LogP contribution in [-0.2, 0) is 0 Å². The zero-order chi connectivity index (χ0) is 10.4. The van der Waals surface area contributed by atoms with Crippen molar-refractivity contribution in [2.45, 2.75) is 26.3 Å². The number of hydrogen-bond donors (Lipinski definition) is 1. The first-order valence-corrected chi connectivity index (χ1v) is 7.23. The van der Waals surface area contributed by atoms with Crippen molar-refractivity contribution < 1.29 is 0 Å². The first-order chi connectivity index (χ1) is 6.74. The van der Waals surface area contributed by atoms with E-state index >= 15 is 0 Å². The molecule has 0 fully saturated rings. The molecule has 1 N–H and O–H groups in total. The van der Waals surface area contributed by atoms with E-state index in [1.807, 2.05) is 23.1 Å². The fraction of sp³-hybridized carbons (Fsp3) is 0.636. The third-order valence-electron chi connectivity index (χ3n) is 2.16. The Morgan fingerprint density at radius 1 is 1.50 bits per heavy atom. The second-order valence-electron chi connectivity index (χ2n) is 3.47. The summed E-state index contributed by atoms with van der Waals surface area (Å²) in [6.07, 6.45) is 3.42. The summed E-state index contributed by atoms with van der Waals surface area (Å²) in [4.78, 5) is 2.85. The Morgan fingerprint density at radius 2 is 2.29 bits per heavy atom. The van der Waals surface area contributed by atoms with Crippen molar-refractivity contribution in [3.05, 3.63) is 21.9 Å². The van der Waals surface area contributed by atoms with Crippen molar-refractivity contribution in [2.24, 2.45) is 0 Å². The highest BCUT2D eigenvalue weighted by Gasteiger charge is 2.05. The summed E-state index contributed by atoms with van der Waals surface area (Å²) in [5.41, 5.74) is 0. The van der Waals surface area contributed by atoms with Crippen molar-refractivity contribution in [1.82, 2.24) is 5.32 Å². The molecule has 1 aromatic heterocycles. The van der Waals surface area contributed by atoms with Gasteiger partial charge in [-0.25, -0.2) is 0 Å². The van der Waals surface area contributed by atoms with Gasteiger partial charge in [0.15, 0.2) is 0 Å². The molecule has 0 saturated heterocycles. The molecule has 1 nitrogen and oxygen atoms in total. The van der Waals surface area contributed by atoms with E-state index in [0.717, 1.165) is 6.54 Å². The van der Waals surface area contributed by atoms with E-state index in [1.54, 1.807) is 0 Å². The van der Waals surface area contributed by atoms with Crippen LogP contribution in [0.25, 0.3) is 0 Å². The topological polar surface area (TPSA) is 12.0 Å². The molecule has 0 aliphatic heterocycles. The molecule has 1 heterocycles. The van der Waals surface area contributed by atoms with Gasteiger partial charge in [0, 0.05) is 15.8 Å². The second-order valence-corrected chi connectivity index (χ2v) is 5.78. The lowest BCUT2D eigenvalue weighted by molar-refractivity contribution is 0.580. The molecule has 0 amide bonds. The normalized spacial score (nSPS) is 13.1. The van der Waals surface area contributed by atoms with E-state index in [0.29, 0.717) is 6.04 Å². The highest BCUT2D eigenvalue weighted by atomic mass is 32.2. The Balaban J connectivity index is 2.25. The maximum Gasteiger partial charge on any atom is 0.0386 e. The molecule has 1 atom stereocenters. The van der Waals surface area contributed by atoms with Crippen molar-refractivity contribution in [1.29, 1.82) is 0 Å². The minimum atomic E-state index is 0.510. The lowest BCUT2D eigenvalue weighted by Crippen LogP contribution is -2.19. The van der Waals surface area contributed by atoms with Gasteiger partial charge in [-0.15, -0.1) is 11.3 Å². The quantitative estimate of drug-likeness (QED) is 0.750. The van der Waals surface area contributed by atoms with Crippen LogP contribution in [0.2, 0.25) is 0 Å². The van der Waals surface area contributed by atoms with Crippen molar-refractivity contribution in [3.63, 3.8) is 0 Å². The molecular formula is C11H19NS2. The molecule has 0 bridgehead atoms. The van der Waals surface area contributed by atoms with Gasteiger partial charge in [-0.1, -0.05) is 0 Å². The number of aryl methyl sites for hydroxylation is 1. The van der Waals surface area contributed by atoms with E-state index in [1.165, 1.54) is 21.9 Å². The van der Waals surface area contributed by atoms with Crippen LogP contribution in [0.1, 0.15) is 29.1 Å². The molecule has 0 aliphatic carbocycles. The van der Waals surface area contributed by atoms with E-state index < -0.39 is 0 Å². The third-order valence-corrected chi connectivity index (χ3v) is 4.04. The van der Waals surface area contributed by atoms with Crippen LogP contribution in [0.5, 0.6) is 0 Å². The number of nitrogens with one attached hydrogen (secondary N) is 1. The molecule has 0 saturated carbocycles. The van der Waals surface area contributed by atoms with Crippen LogP contribution >= 0.6 is 23.1 Å². The molecule has 0 radical (unpaired) electrons. The first-order valence-electron chi connectivity index (χ1n) is 5.02. The zero-order valence-corrected chi connectivity index (χ0v) is 10.8. The summed E-state index contributed by atoms with van der Waals surface area (Å²) in [6.45, 7) is 5.53. The SMILES string of the molecule is CSCCCNC(C)c1ccc(C)s1. The zero-order valence-electron chi connectivity index (χ0n) is 9.17. The summed E-state index contributed by atoms with van der Waals surface area (Å²) < 4.78 is 0. The highest BCUT2D eigenvalue weighted by molar-refractivity contribution is 7.98. The number of thiophene rings is 1. The third kappa shape index (κ3) is 4.03. The average Bonchev–Trinajstić information content (AvgIpc) is 2.59. The maximum atomic E-state index is 3.54. The molecule has 1 aromatic rings. The van der Waals surface area contributed by atoms with Gasteiger partial charge < -0.3 is 5.32 Å². The van der Waals surface area contributed by atoms with Gasteiger partial charge in [0.2, 0.25) is 0 Å². The number of hydrogen-bond acceptors (Lipinski definition) is 3. The summed E-state index contributed by atoms with van der Waals surface area (Å²) >= 11 is 3.81. The molecule has 1 rings (SSSR count). The standard InChI is InChI=1S/C11H19NS2/c1-9-5-6-11(14-9)10(2)12-7-4-8-13-3/h5-6,10,12H,4,7-8H2,1-3H3. The molecule has 0 spiro atoms. The van der Waals surface area contributed by atoms with Crippen LogP contribution in [0.4, 0.5) is 0 Å². The molecule has 0 aromatic carbocycles. The molecule has 3 heteroatoms. The highest BCUT2D eigenvalue weighted by Crippen LogP contribution is 2.21. The molecule has 0 aliphatic rings. The number of thioether (sulfide) groups is 1. The lowest BCUT2D eigenvalue weighted by Gasteiger charge is -2.11. The smallest absolute Gasteiger partial charge is 0.0386 e. The average molecular weight is 229 g/mol. The molecule has 14 heavy (non-hydrogen) atoms. The van der Waals surface area contributed by atoms with Crippen LogP contribution in [0.3, 0.4) is 0 Å². The Kier molecular flexibility index (Phi) is 5.60. The maximum absolute atomic E-state index is 3.54. The Hall–Kier alpha value is 0.01000. The molecular weight excluding hydrogens is 210 g/mol. The van der Waals surface area contributed by atoms with Crippen molar-refractivity contribution >= 4 is 23.1 Å². The Labute approximate surface area is 95.3 Å². The molecule has 80 valence electrons. The van der Waals surface area contributed by atoms with Crippen LogP contribution < -0.4 is 5.32 Å². The summed E-state index contributed by atoms with van der Waals surface area (Å²) in [5.74, 6) is 1.25. The van der Waals surface area contributed by atoms with E-state index in [4.69, 9.17) is 0 Å². The van der Waals surface area contributed by atoms with Crippen molar-refractivity contribution in [2.75, 3.05) is 18.6 Å². The summed E-state index contributed by atoms with van der Waals surface area (Å²) in [7, 11) is 0. The number of rotatable bonds is 6. The van der Waals surface area contributed by atoms with Gasteiger partial charge in [0.1, 0.15) is 0 Å². The summed E-state index contributed by atoms with van der Waals surface area (Å²) in [6, 6.07) is 4.93. The minimum absolute atomic E-state index is 0.510. The van der Waals surface area contributed by atoms with Gasteiger partial charge in [-0.3, -0.25) is 0 Å². The Bertz CT molecular complexity index is 258. The van der Waals surface area contributed by atoms with Crippen LogP contribution in [0.15, 0.2) is 12.1 Å². The van der Waals surface area contributed by atoms with E-state index in [9.17, 15) is 0 Å². The summed E-state index contributed by atoms with van der Waals surface area (Å²) in [5, 5.41) is 3.54. The lowest BCUT2D eigenvalue weighted by atomic mass is 10.2. The van der Waals surface area contributed by atoms with Crippen LogP contribution in [0, 0.1) is 6.92 Å². The van der Waals surface area contributed by atoms with Crippen molar-refractivity contribution in [3.8, 4) is 0 Å². The van der Waals surface area contributed by atoms with Gasteiger partial charge in [0.25, 0.3) is 0 Å². The van der Waals surface area contributed by atoms with E-state index in [2.05, 4.69) is 37.6 Å². The van der Waals surface area contributed by atoms with Gasteiger partial charge in [0.05, 0.1) is 0 Å². The first kappa shape index (κ1) is 12.1. The monoisotopic (exact) mass is 229 g/mol. The van der Waals surface area contributed by atoms with Crippen LogP contribution in [-0.4, -0.2) is 18.6 Å². The second kappa shape index (κ2) is 6.49. The van der Waals surface area contributed by atoms with E-state index in [-0.39, 0.29) is 0 Å². The largest absolute Gasteiger partial charge is 0.309 e. The predicted octanol–water partition coefficient (Wildman–Crippen LogP) is 3.46. The van der Waals surface area contributed by atoms with Gasteiger partial charge in [-0.05, 0) is 51.0 Å². The van der Waals surface area contributed by atoms with Gasteiger partial charge >= 0.3 is 0 Å². The fourth-order valence-electron chi connectivity index (χ4n) is 1.32. The predicted molar refractivity (Wildman–Crippen MR) is 68.5 cm³/mol. The fourth-order valence-corrected chi connectivity index (χ4v) is 2.66. The molecule has 1 unspecified atom stereocenters. The minimum Gasteiger partial charge on any atom is -0.309 e. The Morgan fingerprint density at radius 3 is 2.86 bits per heavy atom.